The van der Waals surface area contributed by atoms with E-state index >= 15 is 0 Å². The highest BCUT2D eigenvalue weighted by Gasteiger charge is 2.52. The molecule has 1 aliphatic heterocycles. The molecule has 3 rings (SSSR count). The number of nitrogens with one attached hydrogen (secondary N) is 1. The van der Waals surface area contributed by atoms with Crippen LogP contribution in [0.3, 0.4) is 0 Å². The number of aliphatic hydroxyl groups is 1. The van der Waals surface area contributed by atoms with Gasteiger partial charge in [0, 0.05) is 0 Å². The first-order valence-corrected chi connectivity index (χ1v) is 11.9. The molecule has 2 heterocycles. The Bertz CT molecular complexity index is 1040. The first-order valence-electron chi connectivity index (χ1n) is 10.4. The van der Waals surface area contributed by atoms with E-state index in [4.69, 9.17) is 29.6 Å². The van der Waals surface area contributed by atoms with Crippen molar-refractivity contribution in [3.8, 4) is 12.3 Å². The van der Waals surface area contributed by atoms with Crippen LogP contribution in [0, 0.1) is 33.1 Å². The Kier molecular flexibility index (Phi) is 8.11. The monoisotopic (exact) mass is 479 g/mol. The zero-order valence-electron chi connectivity index (χ0n) is 19.3. The Morgan fingerprint density at radius 3 is 2.76 bits per heavy atom. The second-order valence-electron chi connectivity index (χ2n) is 7.81. The molecule has 33 heavy (non-hydrogen) atoms. The smallest absolute Gasteiger partial charge is 0.379 e. The van der Waals surface area contributed by atoms with Crippen LogP contribution in [0.2, 0.25) is 0 Å². The summed E-state index contributed by atoms with van der Waals surface area (Å²) >= 11 is 0. The van der Waals surface area contributed by atoms with E-state index in [9.17, 15) is 10.00 Å². The van der Waals surface area contributed by atoms with Crippen LogP contribution in [-0.4, -0.2) is 52.7 Å². The van der Waals surface area contributed by atoms with Gasteiger partial charge in [0.25, 0.3) is 0 Å². The Hall–Kier alpha value is -2.06. The summed E-state index contributed by atoms with van der Waals surface area (Å²) in [5, 5.41) is 11.1. The molecule has 1 fully saturated rings. The molecule has 0 saturated carbocycles. The predicted molar refractivity (Wildman–Crippen MR) is 121 cm³/mol. The largest absolute Gasteiger partial charge is 0.606 e. The van der Waals surface area contributed by atoms with Crippen molar-refractivity contribution in [3.05, 3.63) is 41.9 Å². The fraction of sp³-hybridized carbons (Fsp3) is 0.500. The van der Waals surface area contributed by atoms with E-state index in [0.717, 1.165) is 22.2 Å². The lowest BCUT2D eigenvalue weighted by Gasteiger charge is -2.30. The number of hydroxylamine groups is 1. The number of aliphatic hydroxyl groups excluding tert-OH is 1. The maximum absolute atomic E-state index is 13.1. The summed E-state index contributed by atoms with van der Waals surface area (Å²) in [6, 6.07) is 3.95. The van der Waals surface area contributed by atoms with E-state index in [1.807, 2.05) is 32.9 Å². The summed E-state index contributed by atoms with van der Waals surface area (Å²) in [6.07, 6.45) is 1.87. The third kappa shape index (κ3) is 5.38. The number of rotatable bonds is 10. The molecule has 0 aliphatic carbocycles. The number of hydrogen-bond acceptors (Lipinski definition) is 9. The van der Waals surface area contributed by atoms with Crippen molar-refractivity contribution in [1.82, 2.24) is 15.0 Å². The first-order chi connectivity index (χ1) is 15.6. The Morgan fingerprint density at radius 1 is 1.42 bits per heavy atom. The number of nitrogens with zero attached hydrogens (tertiary/aromatic N) is 2. The van der Waals surface area contributed by atoms with Crippen molar-refractivity contribution in [1.29, 1.82) is 0 Å². The van der Waals surface area contributed by atoms with Crippen molar-refractivity contribution in [2.45, 2.75) is 58.3 Å². The minimum absolute atomic E-state index is 0.173. The van der Waals surface area contributed by atoms with E-state index in [2.05, 4.69) is 23.0 Å². The summed E-state index contributed by atoms with van der Waals surface area (Å²) in [4.78, 5) is 22.5. The highest BCUT2D eigenvalue weighted by molar-refractivity contribution is 7.54. The molecule has 2 unspecified atom stereocenters. The summed E-state index contributed by atoms with van der Waals surface area (Å²) < 4.78 is 23.8. The van der Waals surface area contributed by atoms with Crippen molar-refractivity contribution in [3.63, 3.8) is 0 Å². The van der Waals surface area contributed by atoms with Gasteiger partial charge in [-0.05, 0) is 51.0 Å². The van der Waals surface area contributed by atoms with Crippen molar-refractivity contribution < 1.29 is 33.1 Å². The molecule has 1 aromatic heterocycles. The van der Waals surface area contributed by atoms with Gasteiger partial charge in [-0.15, -0.1) is 6.42 Å². The zero-order chi connectivity index (χ0) is 24.3. The van der Waals surface area contributed by atoms with E-state index in [0.29, 0.717) is 5.82 Å². The number of phosphoric acid groups is 1. The average Bonchev–Trinajstić information content (AvgIpc) is 3.23. The molecule has 6 atom stereocenters. The van der Waals surface area contributed by atoms with Gasteiger partial charge < -0.3 is 19.6 Å². The zero-order valence-corrected chi connectivity index (χ0v) is 20.2. The number of imidazole rings is 1. The summed E-state index contributed by atoms with van der Waals surface area (Å²) in [6.45, 7) is 11.0. The topological polar surface area (TPSA) is 119 Å². The number of hydrogen-bond donors (Lipinski definition) is 2. The number of terminal acetylenes is 1. The fourth-order valence-corrected chi connectivity index (χ4v) is 4.92. The van der Waals surface area contributed by atoms with E-state index in [1.165, 1.54) is 13.4 Å². The number of benzene rings is 1. The lowest BCUT2D eigenvalue weighted by Crippen LogP contribution is -2.38. The molecular weight excluding hydrogens is 449 g/mol. The molecular formula is C22H30N3O7P. The molecule has 180 valence electrons. The molecule has 2 N–H and O–H groups in total. The minimum atomic E-state index is -4.10. The highest BCUT2D eigenvalue weighted by Crippen LogP contribution is 2.57. The van der Waals surface area contributed by atoms with Crippen LogP contribution in [-0.2, 0) is 23.1 Å². The van der Waals surface area contributed by atoms with Gasteiger partial charge in [0.15, 0.2) is 18.4 Å². The molecule has 0 bridgehead atoms. The Balaban J connectivity index is 1.85. The van der Waals surface area contributed by atoms with Gasteiger partial charge in [0.1, 0.15) is 24.3 Å². The van der Waals surface area contributed by atoms with Crippen LogP contribution in [0.1, 0.15) is 30.1 Å². The lowest BCUT2D eigenvalue weighted by atomic mass is 10.1. The van der Waals surface area contributed by atoms with Crippen LogP contribution >= 0.6 is 8.17 Å². The molecule has 10 nitrogen and oxygen atoms in total. The van der Waals surface area contributed by atoms with Crippen LogP contribution in [0.5, 0.6) is 0 Å². The maximum atomic E-state index is 13.1. The molecule has 0 amide bonds. The molecule has 11 heteroatoms. The summed E-state index contributed by atoms with van der Waals surface area (Å²) in [5.41, 5.74) is 6.28. The molecule has 1 aliphatic rings. The van der Waals surface area contributed by atoms with Crippen molar-refractivity contribution in [2.24, 2.45) is 0 Å². The standard InChI is InChI=1S/C22H30N3O7P/c1-8-19-21(32-33(27,28-7)31-15(5)12-23-29-9-2)20(26)22(30-19)25-16(6)24-17-10-13(3)14(4)11-18(17)25/h1,9-11,15,19-23,26H,2,12H2,3-7H3/t15?,19-,20-,21-,22+,33?/m1/s1. The van der Waals surface area contributed by atoms with Crippen LogP contribution < -0.4 is 10.4 Å². The predicted octanol–water partition coefficient (Wildman–Crippen LogP) is 1.99. The second-order valence-corrected chi connectivity index (χ2v) is 9.49. The summed E-state index contributed by atoms with van der Waals surface area (Å²) in [7, 11) is -2.92. The molecule has 2 aromatic rings. The van der Waals surface area contributed by atoms with Gasteiger partial charge in [-0.3, -0.25) is 4.57 Å². The van der Waals surface area contributed by atoms with Gasteiger partial charge >= 0.3 is 8.17 Å². The van der Waals surface area contributed by atoms with Gasteiger partial charge in [-0.1, -0.05) is 12.5 Å². The maximum Gasteiger partial charge on any atom is 0.379 e. The molecule has 0 radical (unpaired) electrons. The number of phosphoric ester groups is 1. The Morgan fingerprint density at radius 2 is 2.12 bits per heavy atom. The van der Waals surface area contributed by atoms with Crippen molar-refractivity contribution >= 4 is 19.2 Å². The number of ether oxygens (including phenoxy) is 1. The van der Waals surface area contributed by atoms with Crippen LogP contribution in [0.4, 0.5) is 0 Å². The molecule has 1 aromatic carbocycles. The Labute approximate surface area is 194 Å². The third-order valence-electron chi connectivity index (χ3n) is 5.43. The van der Waals surface area contributed by atoms with Gasteiger partial charge in [-0.25, -0.2) is 4.98 Å². The SMILES string of the molecule is C#C[C@H]1O[C@H](n2c(C)nc3cc(C)c(C)cc32)[C@H](O)[C@@H]1O[P+]([O-])(OC)OC(C)CNOC=C. The van der Waals surface area contributed by atoms with Crippen molar-refractivity contribution in [2.75, 3.05) is 13.7 Å². The van der Waals surface area contributed by atoms with E-state index in [1.54, 1.807) is 11.5 Å². The van der Waals surface area contributed by atoms with Gasteiger partial charge in [-0.2, -0.15) is 19.1 Å². The quantitative estimate of drug-likeness (QED) is 0.173. The van der Waals surface area contributed by atoms with Gasteiger partial charge in [0.2, 0.25) is 0 Å². The fourth-order valence-electron chi connectivity index (χ4n) is 3.65. The number of fused-ring (bicyclic) bond motifs is 1. The summed E-state index contributed by atoms with van der Waals surface area (Å²) in [5.74, 6) is 3.08. The van der Waals surface area contributed by atoms with E-state index in [-0.39, 0.29) is 6.54 Å². The van der Waals surface area contributed by atoms with Crippen LogP contribution in [0.25, 0.3) is 11.0 Å². The minimum Gasteiger partial charge on any atom is -0.606 e. The van der Waals surface area contributed by atoms with Crippen LogP contribution in [0.15, 0.2) is 25.0 Å². The number of aryl methyl sites for hydroxylation is 3. The number of aromatic nitrogens is 2. The highest BCUT2D eigenvalue weighted by atomic mass is 31.2. The molecule has 1 saturated heterocycles. The third-order valence-corrected chi connectivity index (χ3v) is 7.00. The lowest BCUT2D eigenvalue weighted by molar-refractivity contribution is -0.257. The second kappa shape index (κ2) is 10.5. The van der Waals surface area contributed by atoms with E-state index < -0.39 is 38.8 Å². The average molecular weight is 479 g/mol. The first kappa shape index (κ1) is 25.6. The normalized spacial score (nSPS) is 25.5. The molecule has 0 spiro atoms. The van der Waals surface area contributed by atoms with Gasteiger partial charge in [0.05, 0.1) is 24.7 Å².